The largest absolute Gasteiger partial charge is 0.462 e. The predicted octanol–water partition coefficient (Wildman–Crippen LogP) is 4.62. The number of halogens is 1. The van der Waals surface area contributed by atoms with Crippen LogP contribution in [0.3, 0.4) is 0 Å². The van der Waals surface area contributed by atoms with E-state index < -0.39 is 0 Å². The summed E-state index contributed by atoms with van der Waals surface area (Å²) in [6.07, 6.45) is 0. The van der Waals surface area contributed by atoms with Crippen molar-refractivity contribution in [2.45, 2.75) is 6.92 Å². The Bertz CT molecular complexity index is 793. The minimum absolute atomic E-state index is 0.287. The summed E-state index contributed by atoms with van der Waals surface area (Å²) >= 11 is 2.25. The van der Waals surface area contributed by atoms with Gasteiger partial charge in [-0.25, -0.2) is 4.79 Å². The van der Waals surface area contributed by atoms with Crippen LogP contribution in [0, 0.1) is 3.57 Å². The van der Waals surface area contributed by atoms with E-state index in [0.717, 1.165) is 25.7 Å². The van der Waals surface area contributed by atoms with Crippen molar-refractivity contribution in [1.82, 2.24) is 4.98 Å². The molecule has 1 N–H and O–H groups in total. The fourth-order valence-electron chi connectivity index (χ4n) is 2.40. The van der Waals surface area contributed by atoms with E-state index in [1.165, 1.54) is 0 Å². The fraction of sp³-hybridized carbons (Fsp3) is 0.118. The van der Waals surface area contributed by atoms with Crippen LogP contribution >= 0.6 is 22.6 Å². The Balaban J connectivity index is 2.28. The molecule has 4 heteroatoms. The standard InChI is InChI=1S/C17H14INO2/c1-2-21-17(20)15-13-10-12(18)8-9-14(13)19-16(15)11-6-4-3-5-7-11/h3-10,19H,2H2,1H3. The highest BCUT2D eigenvalue weighted by Crippen LogP contribution is 2.31. The highest BCUT2D eigenvalue weighted by atomic mass is 127. The van der Waals surface area contributed by atoms with Crippen LogP contribution in [-0.2, 0) is 4.74 Å². The van der Waals surface area contributed by atoms with Crippen LogP contribution in [0.1, 0.15) is 17.3 Å². The highest BCUT2D eigenvalue weighted by Gasteiger charge is 2.20. The second-order valence-corrected chi connectivity index (χ2v) is 5.90. The number of H-pyrrole nitrogens is 1. The molecule has 3 rings (SSSR count). The van der Waals surface area contributed by atoms with E-state index in [4.69, 9.17) is 4.74 Å². The highest BCUT2D eigenvalue weighted by molar-refractivity contribution is 14.1. The lowest BCUT2D eigenvalue weighted by Crippen LogP contribution is -2.05. The van der Waals surface area contributed by atoms with Crippen molar-refractivity contribution in [1.29, 1.82) is 0 Å². The van der Waals surface area contributed by atoms with Crippen LogP contribution in [0.2, 0.25) is 0 Å². The molecule has 2 aromatic carbocycles. The summed E-state index contributed by atoms with van der Waals surface area (Å²) in [7, 11) is 0. The number of ether oxygens (including phenoxy) is 1. The molecule has 1 heterocycles. The van der Waals surface area contributed by atoms with Crippen molar-refractivity contribution in [3.05, 3.63) is 57.7 Å². The smallest absolute Gasteiger partial charge is 0.340 e. The fourth-order valence-corrected chi connectivity index (χ4v) is 2.89. The molecule has 0 fully saturated rings. The monoisotopic (exact) mass is 391 g/mol. The number of carbonyl (C=O) groups is 1. The number of rotatable bonds is 3. The summed E-state index contributed by atoms with van der Waals surface area (Å²) in [5, 5.41) is 0.902. The SMILES string of the molecule is CCOC(=O)c1c(-c2ccccc2)[nH]c2ccc(I)cc12. The third-order valence-corrected chi connectivity index (χ3v) is 3.97. The summed E-state index contributed by atoms with van der Waals surface area (Å²) in [6.45, 7) is 2.18. The normalized spacial score (nSPS) is 10.8. The van der Waals surface area contributed by atoms with Gasteiger partial charge in [-0.3, -0.25) is 0 Å². The lowest BCUT2D eigenvalue weighted by molar-refractivity contribution is 0.0529. The minimum atomic E-state index is -0.287. The number of nitrogens with one attached hydrogen (secondary N) is 1. The maximum absolute atomic E-state index is 12.4. The van der Waals surface area contributed by atoms with E-state index >= 15 is 0 Å². The van der Waals surface area contributed by atoms with Crippen LogP contribution in [0.15, 0.2) is 48.5 Å². The second kappa shape index (κ2) is 5.89. The van der Waals surface area contributed by atoms with Crippen LogP contribution < -0.4 is 0 Å². The van der Waals surface area contributed by atoms with E-state index in [9.17, 15) is 4.79 Å². The molecule has 3 nitrogen and oxygen atoms in total. The molecule has 0 spiro atoms. The first-order valence-electron chi connectivity index (χ1n) is 6.74. The van der Waals surface area contributed by atoms with Crippen LogP contribution in [0.25, 0.3) is 22.2 Å². The van der Waals surface area contributed by atoms with E-state index in [1.54, 1.807) is 0 Å². The molecule has 0 radical (unpaired) electrons. The number of fused-ring (bicyclic) bond motifs is 1. The molecule has 106 valence electrons. The Labute approximate surface area is 136 Å². The molecule has 0 saturated heterocycles. The van der Waals surface area contributed by atoms with E-state index in [1.807, 2.05) is 55.5 Å². The third kappa shape index (κ3) is 2.68. The van der Waals surface area contributed by atoms with Gasteiger partial charge in [0, 0.05) is 14.5 Å². The molecule has 0 unspecified atom stereocenters. The van der Waals surface area contributed by atoms with Gasteiger partial charge in [0.05, 0.1) is 17.9 Å². The summed E-state index contributed by atoms with van der Waals surface area (Å²) in [4.78, 5) is 15.7. The van der Waals surface area contributed by atoms with Gasteiger partial charge in [-0.15, -0.1) is 0 Å². The van der Waals surface area contributed by atoms with Gasteiger partial charge in [0.1, 0.15) is 0 Å². The number of esters is 1. The van der Waals surface area contributed by atoms with Crippen LogP contribution in [-0.4, -0.2) is 17.6 Å². The molecular weight excluding hydrogens is 377 g/mol. The Hall–Kier alpha value is -1.82. The molecule has 0 amide bonds. The molecule has 0 aliphatic heterocycles. The number of hydrogen-bond donors (Lipinski definition) is 1. The summed E-state index contributed by atoms with van der Waals surface area (Å²) in [6, 6.07) is 15.9. The average molecular weight is 391 g/mol. The maximum Gasteiger partial charge on any atom is 0.340 e. The van der Waals surface area contributed by atoms with Gasteiger partial charge in [0.25, 0.3) is 0 Å². The van der Waals surface area contributed by atoms with Gasteiger partial charge in [0.2, 0.25) is 0 Å². The van der Waals surface area contributed by atoms with Gasteiger partial charge in [-0.1, -0.05) is 30.3 Å². The average Bonchev–Trinajstić information content (AvgIpc) is 2.87. The molecule has 0 aliphatic rings. The van der Waals surface area contributed by atoms with Crippen LogP contribution in [0.4, 0.5) is 0 Å². The van der Waals surface area contributed by atoms with Gasteiger partial charge in [0.15, 0.2) is 0 Å². The van der Waals surface area contributed by atoms with Gasteiger partial charge in [-0.05, 0) is 53.3 Å². The van der Waals surface area contributed by atoms with Crippen molar-refractivity contribution < 1.29 is 9.53 Å². The zero-order chi connectivity index (χ0) is 14.8. The number of benzene rings is 2. The Morgan fingerprint density at radius 1 is 1.19 bits per heavy atom. The molecule has 0 atom stereocenters. The van der Waals surface area contributed by atoms with Crippen molar-refractivity contribution in [2.75, 3.05) is 6.61 Å². The topological polar surface area (TPSA) is 42.1 Å². The molecule has 1 aromatic heterocycles. The molecule has 0 saturated carbocycles. The number of aromatic amines is 1. The zero-order valence-corrected chi connectivity index (χ0v) is 13.7. The summed E-state index contributed by atoms with van der Waals surface area (Å²) in [5.74, 6) is -0.287. The minimum Gasteiger partial charge on any atom is -0.462 e. The Kier molecular flexibility index (Phi) is 3.96. The molecular formula is C17H14INO2. The van der Waals surface area contributed by atoms with E-state index in [2.05, 4.69) is 27.6 Å². The van der Waals surface area contributed by atoms with Gasteiger partial charge >= 0.3 is 5.97 Å². The molecule has 0 aliphatic carbocycles. The van der Waals surface area contributed by atoms with Crippen LogP contribution in [0.5, 0.6) is 0 Å². The summed E-state index contributed by atoms with van der Waals surface area (Å²) in [5.41, 5.74) is 3.34. The quantitative estimate of drug-likeness (QED) is 0.523. The predicted molar refractivity (Wildman–Crippen MR) is 92.4 cm³/mol. The van der Waals surface area contributed by atoms with Crippen molar-refractivity contribution in [3.63, 3.8) is 0 Å². The van der Waals surface area contributed by atoms with Crippen molar-refractivity contribution in [3.8, 4) is 11.3 Å². The van der Waals surface area contributed by atoms with E-state index in [-0.39, 0.29) is 5.97 Å². The van der Waals surface area contributed by atoms with Crippen molar-refractivity contribution >= 4 is 39.5 Å². The lowest BCUT2D eigenvalue weighted by atomic mass is 10.1. The summed E-state index contributed by atoms with van der Waals surface area (Å²) < 4.78 is 6.32. The second-order valence-electron chi connectivity index (χ2n) is 4.65. The molecule has 21 heavy (non-hydrogen) atoms. The first-order chi connectivity index (χ1) is 10.2. The molecule has 3 aromatic rings. The Morgan fingerprint density at radius 2 is 1.95 bits per heavy atom. The first kappa shape index (κ1) is 14.1. The molecule has 0 bridgehead atoms. The third-order valence-electron chi connectivity index (χ3n) is 3.30. The number of aromatic nitrogens is 1. The lowest BCUT2D eigenvalue weighted by Gasteiger charge is -2.05. The number of hydrogen-bond acceptors (Lipinski definition) is 2. The first-order valence-corrected chi connectivity index (χ1v) is 7.82. The maximum atomic E-state index is 12.4. The van der Waals surface area contributed by atoms with Gasteiger partial charge in [-0.2, -0.15) is 0 Å². The zero-order valence-electron chi connectivity index (χ0n) is 11.5. The number of carbonyl (C=O) groups excluding carboxylic acids is 1. The Morgan fingerprint density at radius 3 is 2.67 bits per heavy atom. The van der Waals surface area contributed by atoms with Crippen molar-refractivity contribution in [2.24, 2.45) is 0 Å². The van der Waals surface area contributed by atoms with Gasteiger partial charge < -0.3 is 9.72 Å². The van der Waals surface area contributed by atoms with E-state index in [0.29, 0.717) is 12.2 Å².